The first-order valence-electron chi connectivity index (χ1n) is 7.60. The van der Waals surface area contributed by atoms with Crippen LogP contribution in [0.3, 0.4) is 0 Å². The van der Waals surface area contributed by atoms with Crippen LogP contribution in [-0.2, 0) is 14.3 Å². The number of hydrogen-bond donors (Lipinski definition) is 1. The molecular formula is C18H16Cl2N2O5. The van der Waals surface area contributed by atoms with Gasteiger partial charge < -0.3 is 19.5 Å². The van der Waals surface area contributed by atoms with E-state index in [1.165, 1.54) is 38.6 Å². The third kappa shape index (κ3) is 6.16. The summed E-state index contributed by atoms with van der Waals surface area (Å²) in [5.41, 5.74) is 0.700. The number of benzene rings is 1. The molecule has 0 unspecified atom stereocenters. The number of hydrogen-bond acceptors (Lipinski definition) is 6. The summed E-state index contributed by atoms with van der Waals surface area (Å²) in [7, 11) is 3.04. The van der Waals surface area contributed by atoms with Gasteiger partial charge in [0.1, 0.15) is 0 Å². The Kier molecular flexibility index (Phi) is 7.45. The molecule has 0 spiro atoms. The lowest BCUT2D eigenvalue weighted by atomic mass is 10.2. The van der Waals surface area contributed by atoms with Gasteiger partial charge in [-0.05, 0) is 29.8 Å². The number of aromatic nitrogens is 1. The van der Waals surface area contributed by atoms with E-state index in [-0.39, 0.29) is 10.8 Å². The lowest BCUT2D eigenvalue weighted by molar-refractivity contribution is -0.142. The second-order valence-corrected chi connectivity index (χ2v) is 5.93. The van der Waals surface area contributed by atoms with Crippen molar-refractivity contribution in [3.8, 4) is 11.5 Å². The van der Waals surface area contributed by atoms with Gasteiger partial charge in [0.05, 0.1) is 24.3 Å². The summed E-state index contributed by atoms with van der Waals surface area (Å²) < 4.78 is 15.2. The fourth-order valence-corrected chi connectivity index (χ4v) is 2.41. The van der Waals surface area contributed by atoms with Crippen LogP contribution >= 0.6 is 23.2 Å². The maximum Gasteiger partial charge on any atom is 0.331 e. The zero-order valence-electron chi connectivity index (χ0n) is 14.5. The molecule has 0 radical (unpaired) electrons. The highest BCUT2D eigenvalue weighted by Crippen LogP contribution is 2.28. The van der Waals surface area contributed by atoms with Gasteiger partial charge in [-0.15, -0.1) is 0 Å². The van der Waals surface area contributed by atoms with Gasteiger partial charge in [-0.3, -0.25) is 4.79 Å². The lowest BCUT2D eigenvalue weighted by Crippen LogP contribution is -2.20. The fraction of sp³-hybridized carbons (Fsp3) is 0.167. The third-order valence-electron chi connectivity index (χ3n) is 3.23. The average molecular weight is 411 g/mol. The Balaban J connectivity index is 1.88. The number of carbonyl (C=O) groups is 2. The van der Waals surface area contributed by atoms with Crippen molar-refractivity contribution < 1.29 is 23.8 Å². The highest BCUT2D eigenvalue weighted by molar-refractivity contribution is 6.36. The molecule has 0 aliphatic carbocycles. The number of halogens is 2. The smallest absolute Gasteiger partial charge is 0.331 e. The van der Waals surface area contributed by atoms with Gasteiger partial charge in [0.2, 0.25) is 0 Å². The quantitative estimate of drug-likeness (QED) is 0.554. The SMILES string of the molecule is COc1ccc(C=CC(=O)OCC(=O)Nc2ncc(Cl)cc2Cl)cc1OC. The molecule has 1 heterocycles. The van der Waals surface area contributed by atoms with Crippen LogP contribution in [0.15, 0.2) is 36.5 Å². The maximum atomic E-state index is 11.8. The van der Waals surface area contributed by atoms with Gasteiger partial charge in [0, 0.05) is 12.3 Å². The van der Waals surface area contributed by atoms with Crippen molar-refractivity contribution in [2.24, 2.45) is 0 Å². The van der Waals surface area contributed by atoms with Crippen LogP contribution in [-0.4, -0.2) is 37.7 Å². The zero-order chi connectivity index (χ0) is 19.8. The lowest BCUT2D eigenvalue weighted by Gasteiger charge is -2.07. The summed E-state index contributed by atoms with van der Waals surface area (Å²) in [6.45, 7) is -0.490. The van der Waals surface area contributed by atoms with E-state index in [0.717, 1.165) is 0 Å². The van der Waals surface area contributed by atoms with E-state index in [9.17, 15) is 9.59 Å². The number of carbonyl (C=O) groups excluding carboxylic acids is 2. The first-order chi connectivity index (χ1) is 12.9. The van der Waals surface area contributed by atoms with E-state index in [4.69, 9.17) is 37.4 Å². The number of methoxy groups -OCH3 is 2. The highest BCUT2D eigenvalue weighted by atomic mass is 35.5. The van der Waals surface area contributed by atoms with Gasteiger partial charge >= 0.3 is 5.97 Å². The molecule has 1 N–H and O–H groups in total. The number of nitrogens with zero attached hydrogens (tertiary/aromatic N) is 1. The molecule has 2 aromatic rings. The molecule has 0 atom stereocenters. The van der Waals surface area contributed by atoms with Crippen LogP contribution < -0.4 is 14.8 Å². The van der Waals surface area contributed by atoms with Crippen molar-refractivity contribution in [1.82, 2.24) is 4.98 Å². The maximum absolute atomic E-state index is 11.8. The Morgan fingerprint density at radius 3 is 2.56 bits per heavy atom. The molecule has 0 saturated carbocycles. The summed E-state index contributed by atoms with van der Waals surface area (Å²) in [5, 5.41) is 2.94. The Labute approximate surface area is 165 Å². The minimum absolute atomic E-state index is 0.128. The monoisotopic (exact) mass is 410 g/mol. The van der Waals surface area contributed by atoms with Gasteiger partial charge in [-0.2, -0.15) is 0 Å². The minimum atomic E-state index is -0.685. The molecule has 7 nitrogen and oxygen atoms in total. The molecule has 9 heteroatoms. The number of nitrogens with one attached hydrogen (secondary N) is 1. The third-order valence-corrected chi connectivity index (χ3v) is 3.73. The normalized spacial score (nSPS) is 10.5. The van der Waals surface area contributed by atoms with E-state index < -0.39 is 18.5 Å². The number of amides is 1. The Hall–Kier alpha value is -2.77. The van der Waals surface area contributed by atoms with Crippen LogP contribution in [0.1, 0.15) is 5.56 Å². The van der Waals surface area contributed by atoms with E-state index in [2.05, 4.69) is 10.3 Å². The Bertz CT molecular complexity index is 871. The minimum Gasteiger partial charge on any atom is -0.493 e. The summed E-state index contributed by atoms with van der Waals surface area (Å²) >= 11 is 11.6. The van der Waals surface area contributed by atoms with Crippen molar-refractivity contribution >= 4 is 47.0 Å². The molecular weight excluding hydrogens is 395 g/mol. The van der Waals surface area contributed by atoms with Gasteiger partial charge in [-0.25, -0.2) is 9.78 Å². The van der Waals surface area contributed by atoms with Crippen molar-refractivity contribution in [3.63, 3.8) is 0 Å². The number of rotatable bonds is 7. The summed E-state index contributed by atoms with van der Waals surface area (Å²) in [5.74, 6) is -0.0409. The Morgan fingerprint density at radius 1 is 1.15 bits per heavy atom. The van der Waals surface area contributed by atoms with Crippen LogP contribution in [0.4, 0.5) is 5.82 Å². The summed E-state index contributed by atoms with van der Waals surface area (Å²) in [6.07, 6.45) is 4.06. The van der Waals surface area contributed by atoms with Crippen molar-refractivity contribution in [2.45, 2.75) is 0 Å². The molecule has 0 aliphatic rings. The van der Waals surface area contributed by atoms with Crippen molar-refractivity contribution in [3.05, 3.63) is 52.1 Å². The fourth-order valence-electron chi connectivity index (χ4n) is 1.98. The topological polar surface area (TPSA) is 86.8 Å². The molecule has 0 aliphatic heterocycles. The highest BCUT2D eigenvalue weighted by Gasteiger charge is 2.10. The molecule has 0 fully saturated rings. The molecule has 1 aromatic heterocycles. The second kappa shape index (κ2) is 9.80. The molecule has 142 valence electrons. The first-order valence-corrected chi connectivity index (χ1v) is 8.36. The van der Waals surface area contributed by atoms with Crippen molar-refractivity contribution in [1.29, 1.82) is 0 Å². The predicted molar refractivity (Wildman–Crippen MR) is 102 cm³/mol. The number of pyridine rings is 1. The van der Waals surface area contributed by atoms with Crippen LogP contribution in [0, 0.1) is 0 Å². The summed E-state index contributed by atoms with van der Waals surface area (Å²) in [4.78, 5) is 27.4. The van der Waals surface area contributed by atoms with Crippen LogP contribution in [0.2, 0.25) is 10.0 Å². The first kappa shape index (κ1) is 20.5. The molecule has 1 aromatic carbocycles. The molecule has 27 heavy (non-hydrogen) atoms. The van der Waals surface area contributed by atoms with E-state index in [1.54, 1.807) is 18.2 Å². The van der Waals surface area contributed by atoms with Crippen LogP contribution in [0.25, 0.3) is 6.08 Å². The molecule has 2 rings (SSSR count). The van der Waals surface area contributed by atoms with E-state index in [0.29, 0.717) is 22.1 Å². The van der Waals surface area contributed by atoms with E-state index >= 15 is 0 Å². The standard InChI is InChI=1S/C18H16Cl2N2O5/c1-25-14-5-3-11(7-15(14)26-2)4-6-17(24)27-10-16(23)22-18-13(20)8-12(19)9-21-18/h3-9H,10H2,1-2H3,(H,21,22,23). The number of anilines is 1. The number of ether oxygens (including phenoxy) is 3. The van der Waals surface area contributed by atoms with Gasteiger partial charge in [0.15, 0.2) is 23.9 Å². The predicted octanol–water partition coefficient (Wildman–Crippen LogP) is 3.60. The largest absolute Gasteiger partial charge is 0.493 e. The van der Waals surface area contributed by atoms with E-state index in [1.807, 2.05) is 0 Å². The van der Waals surface area contributed by atoms with Crippen molar-refractivity contribution in [2.75, 3.05) is 26.1 Å². The average Bonchev–Trinajstić information content (AvgIpc) is 2.66. The molecule has 0 bridgehead atoms. The van der Waals surface area contributed by atoms with Gasteiger partial charge in [0.25, 0.3) is 5.91 Å². The van der Waals surface area contributed by atoms with Crippen LogP contribution in [0.5, 0.6) is 11.5 Å². The second-order valence-electron chi connectivity index (χ2n) is 5.09. The summed E-state index contributed by atoms with van der Waals surface area (Å²) in [6, 6.07) is 6.58. The van der Waals surface area contributed by atoms with Gasteiger partial charge in [-0.1, -0.05) is 29.3 Å². The molecule has 1 amide bonds. The number of esters is 1. The Morgan fingerprint density at radius 2 is 1.89 bits per heavy atom. The molecule has 0 saturated heterocycles. The zero-order valence-corrected chi connectivity index (χ0v) is 16.0.